The van der Waals surface area contributed by atoms with Crippen molar-refractivity contribution in [2.75, 3.05) is 31.6 Å². The highest BCUT2D eigenvalue weighted by atomic mass is 35.5. The first-order valence-corrected chi connectivity index (χ1v) is 11.5. The van der Waals surface area contributed by atoms with E-state index in [0.717, 1.165) is 5.69 Å². The summed E-state index contributed by atoms with van der Waals surface area (Å²) in [6.45, 7) is 1.37. The number of ether oxygens (including phenoxy) is 2. The van der Waals surface area contributed by atoms with Crippen LogP contribution in [0.15, 0.2) is 42.5 Å². The molecule has 2 amide bonds. The zero-order chi connectivity index (χ0) is 23.2. The van der Waals surface area contributed by atoms with Crippen LogP contribution in [-0.4, -0.2) is 54.8 Å². The number of amides is 2. The molecule has 1 unspecified atom stereocenters. The minimum absolute atomic E-state index is 0.0121. The molecule has 0 aromatic heterocycles. The fourth-order valence-corrected chi connectivity index (χ4v) is 5.14. The lowest BCUT2D eigenvalue weighted by Gasteiger charge is -2.44. The molecule has 3 aliphatic heterocycles. The molecule has 0 saturated carbocycles. The van der Waals surface area contributed by atoms with Crippen LogP contribution >= 0.6 is 11.6 Å². The number of hydrogen-bond acceptors (Lipinski definition) is 5. The molecular formula is C25H25ClN2O5. The van der Waals surface area contributed by atoms with Crippen molar-refractivity contribution in [1.82, 2.24) is 4.90 Å². The van der Waals surface area contributed by atoms with Crippen molar-refractivity contribution < 1.29 is 23.9 Å². The predicted octanol–water partition coefficient (Wildman–Crippen LogP) is 3.73. The maximum Gasteiger partial charge on any atom is 0.228 e. The summed E-state index contributed by atoms with van der Waals surface area (Å²) in [5.74, 6) is 0.797. The van der Waals surface area contributed by atoms with Crippen molar-refractivity contribution in [3.8, 4) is 11.5 Å². The molecule has 172 valence electrons. The fraction of sp³-hybridized carbons (Fsp3) is 0.400. The Morgan fingerprint density at radius 2 is 1.85 bits per heavy atom. The number of carbonyl (C=O) groups is 3. The van der Waals surface area contributed by atoms with Crippen molar-refractivity contribution in [3.63, 3.8) is 0 Å². The lowest BCUT2D eigenvalue weighted by molar-refractivity contribution is -0.139. The third-order valence-corrected chi connectivity index (χ3v) is 7.15. The van der Waals surface area contributed by atoms with Gasteiger partial charge in [-0.2, -0.15) is 0 Å². The number of rotatable bonds is 3. The molecule has 1 spiro atoms. The average Bonchev–Trinajstić information content (AvgIpc) is 3.21. The molecule has 2 aromatic carbocycles. The second-order valence-electron chi connectivity index (χ2n) is 8.95. The molecule has 8 heteroatoms. The molecule has 33 heavy (non-hydrogen) atoms. The number of Topliss-reactive ketones (excluding diaryl/α,β-unsaturated/α-hetero) is 1. The minimum atomic E-state index is -0.587. The Hall–Kier alpha value is -3.06. The van der Waals surface area contributed by atoms with Gasteiger partial charge in [-0.1, -0.05) is 11.6 Å². The SMILES string of the molecule is COc1ccc2c(c1)C(=O)CC1(CCN(C(=O)C3CC(=O)N(c4ccc(Cl)cc4)C3)CC1)O2. The summed E-state index contributed by atoms with van der Waals surface area (Å²) in [6.07, 6.45) is 1.66. The van der Waals surface area contributed by atoms with Gasteiger partial charge in [0.2, 0.25) is 11.8 Å². The predicted molar refractivity (Wildman–Crippen MR) is 123 cm³/mol. The third kappa shape index (κ3) is 4.06. The summed E-state index contributed by atoms with van der Waals surface area (Å²) >= 11 is 5.95. The monoisotopic (exact) mass is 468 g/mol. The van der Waals surface area contributed by atoms with Crippen LogP contribution in [0.5, 0.6) is 11.5 Å². The Kier molecular flexibility index (Phi) is 5.52. The summed E-state index contributed by atoms with van der Waals surface area (Å²) in [4.78, 5) is 42.0. The quantitative estimate of drug-likeness (QED) is 0.686. The summed E-state index contributed by atoms with van der Waals surface area (Å²) in [5, 5.41) is 0.602. The van der Waals surface area contributed by atoms with Crippen molar-refractivity contribution in [1.29, 1.82) is 0 Å². The van der Waals surface area contributed by atoms with E-state index >= 15 is 0 Å². The Morgan fingerprint density at radius 1 is 1.12 bits per heavy atom. The number of halogens is 1. The topological polar surface area (TPSA) is 76.2 Å². The summed E-state index contributed by atoms with van der Waals surface area (Å²) in [7, 11) is 1.57. The van der Waals surface area contributed by atoms with E-state index in [1.54, 1.807) is 54.5 Å². The molecule has 5 rings (SSSR count). The summed E-state index contributed by atoms with van der Waals surface area (Å²) in [5.41, 5.74) is 0.711. The van der Waals surface area contributed by atoms with Gasteiger partial charge in [-0.15, -0.1) is 0 Å². The Bertz CT molecular complexity index is 1110. The van der Waals surface area contributed by atoms with Gasteiger partial charge in [-0.3, -0.25) is 14.4 Å². The van der Waals surface area contributed by atoms with Gasteiger partial charge in [-0.05, 0) is 42.5 Å². The Balaban J connectivity index is 1.23. The van der Waals surface area contributed by atoms with Gasteiger partial charge in [0.25, 0.3) is 0 Å². The first kappa shape index (κ1) is 21.8. The lowest BCUT2D eigenvalue weighted by Crippen LogP contribution is -2.53. The molecule has 2 aromatic rings. The van der Waals surface area contributed by atoms with E-state index in [0.29, 0.717) is 61.0 Å². The number of carbonyl (C=O) groups excluding carboxylic acids is 3. The van der Waals surface area contributed by atoms with Gasteiger partial charge < -0.3 is 19.3 Å². The molecule has 3 heterocycles. The second-order valence-corrected chi connectivity index (χ2v) is 9.39. The van der Waals surface area contributed by atoms with Gasteiger partial charge in [0, 0.05) is 49.6 Å². The lowest BCUT2D eigenvalue weighted by atomic mass is 9.82. The van der Waals surface area contributed by atoms with E-state index < -0.39 is 5.60 Å². The molecule has 3 aliphatic rings. The molecule has 0 aliphatic carbocycles. The highest BCUT2D eigenvalue weighted by Crippen LogP contribution is 2.41. The molecule has 7 nitrogen and oxygen atoms in total. The third-order valence-electron chi connectivity index (χ3n) is 6.90. The van der Waals surface area contributed by atoms with Crippen molar-refractivity contribution in [2.24, 2.45) is 5.92 Å². The van der Waals surface area contributed by atoms with Crippen LogP contribution in [0.1, 0.15) is 36.0 Å². The number of hydrogen-bond donors (Lipinski definition) is 0. The maximum absolute atomic E-state index is 13.2. The number of ketones is 1. The fourth-order valence-electron chi connectivity index (χ4n) is 5.02. The highest BCUT2D eigenvalue weighted by Gasteiger charge is 2.45. The van der Waals surface area contributed by atoms with E-state index in [1.165, 1.54) is 0 Å². The van der Waals surface area contributed by atoms with E-state index in [9.17, 15) is 14.4 Å². The van der Waals surface area contributed by atoms with E-state index in [4.69, 9.17) is 21.1 Å². The van der Waals surface area contributed by atoms with Crippen molar-refractivity contribution in [2.45, 2.75) is 31.3 Å². The second kappa shape index (κ2) is 8.37. The largest absolute Gasteiger partial charge is 0.497 e. The minimum Gasteiger partial charge on any atom is -0.497 e. The van der Waals surface area contributed by atoms with Crippen LogP contribution in [-0.2, 0) is 9.59 Å². The molecule has 2 fully saturated rings. The van der Waals surface area contributed by atoms with Gasteiger partial charge in [0.1, 0.15) is 17.1 Å². The first-order valence-electron chi connectivity index (χ1n) is 11.1. The number of nitrogens with zero attached hydrogens (tertiary/aromatic N) is 2. The molecule has 2 saturated heterocycles. The van der Waals surface area contributed by atoms with Gasteiger partial charge in [0.05, 0.1) is 25.0 Å². The van der Waals surface area contributed by atoms with E-state index in [2.05, 4.69) is 0 Å². The number of methoxy groups -OCH3 is 1. The molecule has 0 N–H and O–H groups in total. The molecular weight excluding hydrogens is 444 g/mol. The average molecular weight is 469 g/mol. The molecule has 1 atom stereocenters. The number of benzene rings is 2. The van der Waals surface area contributed by atoms with Crippen LogP contribution in [0.25, 0.3) is 0 Å². The first-order chi connectivity index (χ1) is 15.9. The normalized spacial score (nSPS) is 21.7. The van der Waals surface area contributed by atoms with Crippen LogP contribution < -0.4 is 14.4 Å². The van der Waals surface area contributed by atoms with Crippen LogP contribution in [0, 0.1) is 5.92 Å². The number of fused-ring (bicyclic) bond motifs is 1. The number of piperidine rings is 1. The van der Waals surface area contributed by atoms with Crippen LogP contribution in [0.2, 0.25) is 5.02 Å². The highest BCUT2D eigenvalue weighted by molar-refractivity contribution is 6.30. The van der Waals surface area contributed by atoms with Gasteiger partial charge >= 0.3 is 0 Å². The van der Waals surface area contributed by atoms with Gasteiger partial charge in [0.15, 0.2) is 5.78 Å². The Labute approximate surface area is 197 Å². The van der Waals surface area contributed by atoms with Gasteiger partial charge in [-0.25, -0.2) is 0 Å². The number of likely N-dealkylation sites (tertiary alicyclic amines) is 1. The summed E-state index contributed by atoms with van der Waals surface area (Å²) < 4.78 is 11.5. The maximum atomic E-state index is 13.2. The van der Waals surface area contributed by atoms with Crippen molar-refractivity contribution >= 4 is 34.9 Å². The van der Waals surface area contributed by atoms with E-state index in [-0.39, 0.29) is 29.9 Å². The zero-order valence-corrected chi connectivity index (χ0v) is 19.1. The zero-order valence-electron chi connectivity index (χ0n) is 18.4. The standard InChI is InChI=1S/C25H25ClN2O5/c1-32-19-6-7-22-20(13-19)21(29)14-25(33-22)8-10-27(11-9-25)24(31)16-12-23(30)28(15-16)18-4-2-17(26)3-5-18/h2-7,13,16H,8-12,14-15H2,1H3. The summed E-state index contributed by atoms with van der Waals surface area (Å²) in [6, 6.07) is 12.3. The molecule has 0 radical (unpaired) electrons. The van der Waals surface area contributed by atoms with E-state index in [1.807, 2.05) is 4.90 Å². The molecule has 0 bridgehead atoms. The van der Waals surface area contributed by atoms with Crippen molar-refractivity contribution in [3.05, 3.63) is 53.1 Å². The Morgan fingerprint density at radius 3 is 2.55 bits per heavy atom. The number of anilines is 1. The van der Waals surface area contributed by atoms with Crippen LogP contribution in [0.4, 0.5) is 5.69 Å². The van der Waals surface area contributed by atoms with Crippen LogP contribution in [0.3, 0.4) is 0 Å². The smallest absolute Gasteiger partial charge is 0.228 e.